The fourth-order valence-corrected chi connectivity index (χ4v) is 5.73. The normalized spacial score (nSPS) is 14.4. The largest absolute Gasteiger partial charge is 0.493 e. The molecule has 0 N–H and O–H groups in total. The number of carbonyl (C=O) groups excluding carboxylic acids is 2. The van der Waals surface area contributed by atoms with Gasteiger partial charge in [0.25, 0.3) is 16.8 Å². The van der Waals surface area contributed by atoms with E-state index in [1.54, 1.807) is 0 Å². The molecule has 1 saturated heterocycles. The van der Waals surface area contributed by atoms with Gasteiger partial charge in [-0.25, -0.2) is 0 Å². The van der Waals surface area contributed by atoms with Crippen LogP contribution in [0.2, 0.25) is 0 Å². The molecule has 3 aromatic rings. The summed E-state index contributed by atoms with van der Waals surface area (Å²) in [5.41, 5.74) is 2.37. The molecule has 41 heavy (non-hydrogen) atoms. The molecule has 0 radical (unpaired) electrons. The highest BCUT2D eigenvalue weighted by Crippen LogP contribution is 2.36. The first-order chi connectivity index (χ1) is 19.4. The van der Waals surface area contributed by atoms with Crippen LogP contribution in [0.15, 0.2) is 64.4 Å². The highest BCUT2D eigenvalue weighted by molar-refractivity contribution is 8.18. The SMILES string of the molecule is COc1cc(/C=C2\SC(=O)N(CCOc3cc(C)ccc3C)C2=O)ccc1OS(=O)(=O)c1ccc(C)c([N+](=O)[O-])c1. The lowest BCUT2D eigenvalue weighted by Gasteiger charge is -2.14. The molecule has 0 bridgehead atoms. The summed E-state index contributed by atoms with van der Waals surface area (Å²) >= 11 is 0.778. The van der Waals surface area contributed by atoms with E-state index in [-0.39, 0.29) is 35.2 Å². The summed E-state index contributed by atoms with van der Waals surface area (Å²) in [6.45, 7) is 5.55. The fraction of sp³-hybridized carbons (Fsp3) is 0.214. The molecule has 11 nitrogen and oxygen atoms in total. The van der Waals surface area contributed by atoms with Gasteiger partial charge in [-0.2, -0.15) is 8.42 Å². The molecular weight excluding hydrogens is 572 g/mol. The van der Waals surface area contributed by atoms with Gasteiger partial charge in [-0.1, -0.05) is 24.3 Å². The number of nitro benzene ring substituents is 1. The Morgan fingerprint density at radius 2 is 1.68 bits per heavy atom. The minimum absolute atomic E-state index is 0.0325. The van der Waals surface area contributed by atoms with Crippen molar-refractivity contribution in [3.8, 4) is 17.2 Å². The van der Waals surface area contributed by atoms with Crippen LogP contribution in [0.25, 0.3) is 6.08 Å². The maximum absolute atomic E-state index is 12.9. The van der Waals surface area contributed by atoms with E-state index in [9.17, 15) is 28.1 Å². The van der Waals surface area contributed by atoms with Crippen LogP contribution in [-0.2, 0) is 14.9 Å². The van der Waals surface area contributed by atoms with Crippen LogP contribution >= 0.6 is 11.8 Å². The third-order valence-corrected chi connectivity index (χ3v) is 8.28. The van der Waals surface area contributed by atoms with Crippen molar-refractivity contribution in [1.29, 1.82) is 0 Å². The molecule has 0 aromatic heterocycles. The summed E-state index contributed by atoms with van der Waals surface area (Å²) < 4.78 is 41.9. The summed E-state index contributed by atoms with van der Waals surface area (Å²) in [6.07, 6.45) is 1.49. The molecule has 0 atom stereocenters. The van der Waals surface area contributed by atoms with Crippen molar-refractivity contribution in [3.05, 3.63) is 91.9 Å². The Bertz CT molecular complexity index is 1680. The third kappa shape index (κ3) is 6.69. The number of amides is 2. The lowest BCUT2D eigenvalue weighted by atomic mass is 10.1. The topological polar surface area (TPSA) is 142 Å². The van der Waals surface area contributed by atoms with E-state index in [4.69, 9.17) is 13.7 Å². The number of hydrogen-bond donors (Lipinski definition) is 0. The summed E-state index contributed by atoms with van der Waals surface area (Å²) in [7, 11) is -3.13. The summed E-state index contributed by atoms with van der Waals surface area (Å²) in [5, 5.41) is 10.8. The van der Waals surface area contributed by atoms with Gasteiger partial charge in [-0.05, 0) is 79.6 Å². The standard InChI is InChI=1S/C28H26N2O9S2/c1-17-5-6-19(3)24(13-17)38-12-11-29-27(31)26(40-28(29)32)15-20-8-10-23(25(14-20)37-4)39-41(35,36)21-9-7-18(2)22(16-21)30(33)34/h5-10,13-16H,11-12H2,1-4H3/b26-15-. The summed E-state index contributed by atoms with van der Waals surface area (Å²) in [4.78, 5) is 36.9. The molecule has 2 amide bonds. The summed E-state index contributed by atoms with van der Waals surface area (Å²) in [6, 6.07) is 13.5. The van der Waals surface area contributed by atoms with Crippen molar-refractivity contribution >= 4 is 44.8 Å². The van der Waals surface area contributed by atoms with Crippen LogP contribution in [0.3, 0.4) is 0 Å². The molecule has 13 heteroatoms. The first-order valence-corrected chi connectivity index (χ1v) is 14.4. The van der Waals surface area contributed by atoms with Gasteiger partial charge in [-0.3, -0.25) is 24.6 Å². The number of aryl methyl sites for hydroxylation is 3. The number of nitrogens with zero attached hydrogens (tertiary/aromatic N) is 2. The van der Waals surface area contributed by atoms with Gasteiger partial charge in [0, 0.05) is 11.6 Å². The molecule has 3 aromatic carbocycles. The number of hydrogen-bond acceptors (Lipinski definition) is 10. The smallest absolute Gasteiger partial charge is 0.339 e. The maximum atomic E-state index is 12.9. The molecule has 0 aliphatic carbocycles. The number of ether oxygens (including phenoxy) is 2. The van der Waals surface area contributed by atoms with E-state index in [0.717, 1.165) is 33.9 Å². The maximum Gasteiger partial charge on any atom is 0.339 e. The fourth-order valence-electron chi connectivity index (χ4n) is 3.90. The number of carbonyl (C=O) groups is 2. The van der Waals surface area contributed by atoms with Gasteiger partial charge in [0.1, 0.15) is 17.3 Å². The van der Waals surface area contributed by atoms with Crippen LogP contribution in [0, 0.1) is 30.9 Å². The predicted molar refractivity (Wildman–Crippen MR) is 153 cm³/mol. The molecular formula is C28H26N2O9S2. The van der Waals surface area contributed by atoms with E-state index in [1.165, 1.54) is 50.4 Å². The van der Waals surface area contributed by atoms with Crippen LogP contribution < -0.4 is 13.7 Å². The van der Waals surface area contributed by atoms with Crippen molar-refractivity contribution in [2.24, 2.45) is 0 Å². The van der Waals surface area contributed by atoms with Crippen LogP contribution in [0.5, 0.6) is 17.2 Å². The quantitative estimate of drug-likeness (QED) is 0.129. The van der Waals surface area contributed by atoms with Gasteiger partial charge in [0.05, 0.1) is 23.5 Å². The number of thioether (sulfide) groups is 1. The molecule has 1 fully saturated rings. The van der Waals surface area contributed by atoms with E-state index in [1.807, 2.05) is 32.0 Å². The molecule has 1 aliphatic rings. The van der Waals surface area contributed by atoms with Crippen molar-refractivity contribution < 1.29 is 36.6 Å². The molecule has 0 spiro atoms. The first-order valence-electron chi connectivity index (χ1n) is 12.2. The molecule has 1 heterocycles. The zero-order valence-electron chi connectivity index (χ0n) is 22.6. The number of nitro groups is 1. The molecule has 4 rings (SSSR count). The number of methoxy groups -OCH3 is 1. The predicted octanol–water partition coefficient (Wildman–Crippen LogP) is 5.41. The Morgan fingerprint density at radius 3 is 2.39 bits per heavy atom. The highest BCUT2D eigenvalue weighted by atomic mass is 32.2. The lowest BCUT2D eigenvalue weighted by molar-refractivity contribution is -0.385. The van der Waals surface area contributed by atoms with Crippen molar-refractivity contribution in [2.75, 3.05) is 20.3 Å². The van der Waals surface area contributed by atoms with Crippen LogP contribution in [-0.4, -0.2) is 49.6 Å². The van der Waals surface area contributed by atoms with E-state index in [2.05, 4.69) is 0 Å². The van der Waals surface area contributed by atoms with Crippen LogP contribution in [0.4, 0.5) is 10.5 Å². The molecule has 1 aliphatic heterocycles. The minimum Gasteiger partial charge on any atom is -0.493 e. The Labute approximate surface area is 241 Å². The third-order valence-electron chi connectivity index (χ3n) is 6.14. The summed E-state index contributed by atoms with van der Waals surface area (Å²) in [5.74, 6) is 0.0756. The number of benzene rings is 3. The van der Waals surface area contributed by atoms with Gasteiger partial charge < -0.3 is 13.7 Å². The molecule has 0 unspecified atom stereocenters. The second-order valence-electron chi connectivity index (χ2n) is 9.10. The van der Waals surface area contributed by atoms with Gasteiger partial charge in [0.15, 0.2) is 11.5 Å². The highest BCUT2D eigenvalue weighted by Gasteiger charge is 2.35. The van der Waals surface area contributed by atoms with E-state index in [0.29, 0.717) is 16.9 Å². The van der Waals surface area contributed by atoms with Gasteiger partial charge >= 0.3 is 10.1 Å². The number of imide groups is 1. The van der Waals surface area contributed by atoms with E-state index < -0.39 is 31.1 Å². The Morgan fingerprint density at radius 1 is 0.951 bits per heavy atom. The second kappa shape index (κ2) is 12.0. The average molecular weight is 599 g/mol. The Hall–Kier alpha value is -4.36. The van der Waals surface area contributed by atoms with Crippen LogP contribution in [0.1, 0.15) is 22.3 Å². The first kappa shape index (κ1) is 29.6. The Kier molecular flexibility index (Phi) is 8.69. The van der Waals surface area contributed by atoms with E-state index >= 15 is 0 Å². The minimum atomic E-state index is -4.43. The Balaban J connectivity index is 1.48. The van der Waals surface area contributed by atoms with Crippen molar-refractivity contribution in [1.82, 2.24) is 4.90 Å². The number of rotatable bonds is 10. The van der Waals surface area contributed by atoms with Crippen molar-refractivity contribution in [3.63, 3.8) is 0 Å². The van der Waals surface area contributed by atoms with Gasteiger partial charge in [-0.15, -0.1) is 0 Å². The average Bonchev–Trinajstić information content (AvgIpc) is 3.18. The van der Waals surface area contributed by atoms with Gasteiger partial charge in [0.2, 0.25) is 0 Å². The second-order valence-corrected chi connectivity index (χ2v) is 11.6. The monoisotopic (exact) mass is 598 g/mol. The zero-order chi connectivity index (χ0) is 29.9. The lowest BCUT2D eigenvalue weighted by Crippen LogP contribution is -2.32. The van der Waals surface area contributed by atoms with Crippen molar-refractivity contribution in [2.45, 2.75) is 25.7 Å². The molecule has 214 valence electrons. The molecule has 0 saturated carbocycles. The zero-order valence-corrected chi connectivity index (χ0v) is 24.2.